The minimum atomic E-state index is -0.589. The van der Waals surface area contributed by atoms with E-state index in [0.717, 1.165) is 29.0 Å². The Bertz CT molecular complexity index is 1610. The van der Waals surface area contributed by atoms with Gasteiger partial charge < -0.3 is 14.5 Å². The maximum absolute atomic E-state index is 13.6. The van der Waals surface area contributed by atoms with E-state index in [0.29, 0.717) is 34.3 Å². The zero-order valence-corrected chi connectivity index (χ0v) is 20.8. The minimum Gasteiger partial charge on any atom is -0.465 e. The Hall–Kier alpha value is -4.72. The zero-order valence-electron chi connectivity index (χ0n) is 20.8. The van der Waals surface area contributed by atoms with Crippen molar-refractivity contribution in [1.82, 2.24) is 4.98 Å². The molecule has 0 bridgehead atoms. The predicted molar refractivity (Wildman–Crippen MR) is 144 cm³/mol. The summed E-state index contributed by atoms with van der Waals surface area (Å²) in [6, 6.07) is 18.2. The molecule has 3 heterocycles. The molecule has 0 saturated carbocycles. The SMILES string of the molecule is C[C@@H]1C/C(=C\c2ccco2)c2nc3ccccc3c(C(=O)OCC(=O)N3CC(=O)Nc4ccccc43)c2C1. The van der Waals surface area contributed by atoms with Crippen LogP contribution in [0.2, 0.25) is 0 Å². The van der Waals surface area contributed by atoms with Gasteiger partial charge in [0.1, 0.15) is 12.3 Å². The number of rotatable bonds is 4. The van der Waals surface area contributed by atoms with Crippen molar-refractivity contribution in [3.05, 3.63) is 89.5 Å². The molecular weight excluding hydrogens is 482 g/mol. The molecule has 0 unspecified atom stereocenters. The summed E-state index contributed by atoms with van der Waals surface area (Å²) in [5.74, 6) is -0.379. The van der Waals surface area contributed by atoms with E-state index in [-0.39, 0.29) is 18.4 Å². The summed E-state index contributed by atoms with van der Waals surface area (Å²) < 4.78 is 11.2. The number of esters is 1. The van der Waals surface area contributed by atoms with Crippen LogP contribution in [0.25, 0.3) is 22.6 Å². The van der Waals surface area contributed by atoms with Crippen LogP contribution >= 0.6 is 0 Å². The molecule has 6 rings (SSSR count). The monoisotopic (exact) mass is 507 g/mol. The van der Waals surface area contributed by atoms with Crippen molar-refractivity contribution in [2.45, 2.75) is 19.8 Å². The predicted octanol–water partition coefficient (Wildman–Crippen LogP) is 5.09. The van der Waals surface area contributed by atoms with Crippen LogP contribution in [0.1, 0.15) is 40.7 Å². The highest BCUT2D eigenvalue weighted by atomic mass is 16.5. The summed E-state index contributed by atoms with van der Waals surface area (Å²) in [5, 5.41) is 3.43. The number of carbonyl (C=O) groups is 3. The number of carbonyl (C=O) groups excluding carboxylic acids is 3. The molecule has 1 aliphatic heterocycles. The Balaban J connectivity index is 1.34. The number of benzene rings is 2. The molecule has 8 nitrogen and oxygen atoms in total. The van der Waals surface area contributed by atoms with E-state index in [1.807, 2.05) is 42.5 Å². The number of para-hydroxylation sites is 3. The smallest absolute Gasteiger partial charge is 0.339 e. The summed E-state index contributed by atoms with van der Waals surface area (Å²) in [5.41, 5.74) is 4.75. The van der Waals surface area contributed by atoms with Gasteiger partial charge in [-0.3, -0.25) is 14.5 Å². The van der Waals surface area contributed by atoms with Crippen molar-refractivity contribution < 1.29 is 23.5 Å². The Morgan fingerprint density at radius 2 is 1.92 bits per heavy atom. The van der Waals surface area contributed by atoms with Gasteiger partial charge in [-0.25, -0.2) is 9.78 Å². The number of aromatic nitrogens is 1. The molecule has 2 aliphatic rings. The van der Waals surface area contributed by atoms with Crippen LogP contribution < -0.4 is 10.2 Å². The van der Waals surface area contributed by atoms with Gasteiger partial charge in [-0.15, -0.1) is 0 Å². The quantitative estimate of drug-likeness (QED) is 0.386. The van der Waals surface area contributed by atoms with Crippen LogP contribution in [0.3, 0.4) is 0 Å². The molecular formula is C30H25N3O5. The molecule has 4 aromatic rings. The highest BCUT2D eigenvalue weighted by Crippen LogP contribution is 2.39. The largest absolute Gasteiger partial charge is 0.465 e. The van der Waals surface area contributed by atoms with Crippen LogP contribution in [0.5, 0.6) is 0 Å². The third-order valence-corrected chi connectivity index (χ3v) is 6.88. The molecule has 1 N–H and O–H groups in total. The number of nitrogens with one attached hydrogen (secondary N) is 1. The molecule has 2 aromatic carbocycles. The van der Waals surface area contributed by atoms with E-state index in [9.17, 15) is 14.4 Å². The van der Waals surface area contributed by atoms with Crippen molar-refractivity contribution in [3.63, 3.8) is 0 Å². The minimum absolute atomic E-state index is 0.139. The lowest BCUT2D eigenvalue weighted by molar-refractivity contribution is -0.124. The van der Waals surface area contributed by atoms with E-state index in [2.05, 4.69) is 12.2 Å². The first-order chi connectivity index (χ1) is 18.5. The normalized spacial score (nSPS) is 17.6. The molecule has 38 heavy (non-hydrogen) atoms. The van der Waals surface area contributed by atoms with Crippen LogP contribution in [0, 0.1) is 5.92 Å². The molecule has 1 atom stereocenters. The fourth-order valence-corrected chi connectivity index (χ4v) is 5.25. The number of anilines is 2. The molecule has 0 radical (unpaired) electrons. The Morgan fingerprint density at radius 3 is 2.76 bits per heavy atom. The van der Waals surface area contributed by atoms with Crippen molar-refractivity contribution in [1.29, 1.82) is 0 Å². The average Bonchev–Trinajstić information content (AvgIpc) is 3.43. The van der Waals surface area contributed by atoms with E-state index >= 15 is 0 Å². The third-order valence-electron chi connectivity index (χ3n) is 6.88. The third kappa shape index (κ3) is 4.34. The number of pyridine rings is 1. The second-order valence-electron chi connectivity index (χ2n) is 9.65. The lowest BCUT2D eigenvalue weighted by atomic mass is 9.81. The maximum atomic E-state index is 13.6. The van der Waals surface area contributed by atoms with Crippen LogP contribution in [-0.2, 0) is 20.7 Å². The summed E-state index contributed by atoms with van der Waals surface area (Å²) in [6.45, 7) is 1.50. The molecule has 2 amide bonds. The number of amides is 2. The van der Waals surface area contributed by atoms with Gasteiger partial charge in [-0.1, -0.05) is 37.3 Å². The molecule has 0 saturated heterocycles. The first-order valence-corrected chi connectivity index (χ1v) is 12.5. The molecule has 0 fully saturated rings. The first kappa shape index (κ1) is 23.7. The van der Waals surface area contributed by atoms with E-state index < -0.39 is 18.5 Å². The standard InChI is InChI=1S/C30H25N3O5/c1-18-13-19(15-20-7-6-12-37-20)29-22(14-18)28(21-8-2-3-9-23(21)32-29)30(36)38-17-27(35)33-16-26(34)31-24-10-4-5-11-25(24)33/h2-12,15,18H,13-14,16-17H2,1H3,(H,31,34)/b19-15+/t18-/m1/s1. The number of hydrogen-bond donors (Lipinski definition) is 1. The number of allylic oxidation sites excluding steroid dienone is 1. The Labute approximate surface area is 218 Å². The van der Waals surface area contributed by atoms with Gasteiger partial charge in [-0.05, 0) is 66.3 Å². The van der Waals surface area contributed by atoms with Crippen molar-refractivity contribution in [3.8, 4) is 0 Å². The van der Waals surface area contributed by atoms with Gasteiger partial charge in [0.05, 0.1) is 34.4 Å². The summed E-state index contributed by atoms with van der Waals surface area (Å²) >= 11 is 0. The summed E-state index contributed by atoms with van der Waals surface area (Å²) in [6.07, 6.45) is 5.04. The van der Waals surface area contributed by atoms with Crippen molar-refractivity contribution >= 4 is 51.7 Å². The lowest BCUT2D eigenvalue weighted by Crippen LogP contribution is -2.44. The number of fused-ring (bicyclic) bond motifs is 3. The fraction of sp³-hybridized carbons (Fsp3) is 0.200. The van der Waals surface area contributed by atoms with Gasteiger partial charge >= 0.3 is 5.97 Å². The van der Waals surface area contributed by atoms with Crippen molar-refractivity contribution in [2.75, 3.05) is 23.4 Å². The van der Waals surface area contributed by atoms with Gasteiger partial charge in [0.2, 0.25) is 5.91 Å². The second-order valence-corrected chi connectivity index (χ2v) is 9.65. The number of hydrogen-bond acceptors (Lipinski definition) is 6. The van der Waals surface area contributed by atoms with Gasteiger partial charge in [-0.2, -0.15) is 0 Å². The zero-order chi connectivity index (χ0) is 26.2. The Morgan fingerprint density at radius 1 is 1.11 bits per heavy atom. The molecule has 8 heteroatoms. The average molecular weight is 508 g/mol. The number of ether oxygens (including phenoxy) is 1. The molecule has 1 aliphatic carbocycles. The summed E-state index contributed by atoms with van der Waals surface area (Å²) in [4.78, 5) is 45.1. The van der Waals surface area contributed by atoms with E-state index in [1.54, 1.807) is 30.5 Å². The highest BCUT2D eigenvalue weighted by molar-refractivity contribution is 6.11. The van der Waals surface area contributed by atoms with Crippen LogP contribution in [0.15, 0.2) is 71.3 Å². The lowest BCUT2D eigenvalue weighted by Gasteiger charge is -2.29. The second kappa shape index (κ2) is 9.63. The highest BCUT2D eigenvalue weighted by Gasteiger charge is 2.31. The van der Waals surface area contributed by atoms with Gasteiger partial charge in [0, 0.05) is 5.39 Å². The molecule has 0 spiro atoms. The number of furan rings is 1. The Kier molecular flexibility index (Phi) is 5.99. The topological polar surface area (TPSA) is 102 Å². The number of nitrogens with zero attached hydrogens (tertiary/aromatic N) is 2. The summed E-state index contributed by atoms with van der Waals surface area (Å²) in [7, 11) is 0. The van der Waals surface area contributed by atoms with Crippen molar-refractivity contribution in [2.24, 2.45) is 5.92 Å². The van der Waals surface area contributed by atoms with Gasteiger partial charge in [0.25, 0.3) is 5.91 Å². The molecule has 2 aromatic heterocycles. The van der Waals surface area contributed by atoms with Crippen LogP contribution in [0.4, 0.5) is 11.4 Å². The first-order valence-electron chi connectivity index (χ1n) is 12.5. The fourth-order valence-electron chi connectivity index (χ4n) is 5.25. The van der Waals surface area contributed by atoms with E-state index in [4.69, 9.17) is 14.1 Å². The molecule has 190 valence electrons. The maximum Gasteiger partial charge on any atom is 0.339 e. The van der Waals surface area contributed by atoms with Crippen LogP contribution in [-0.4, -0.2) is 35.9 Å². The van der Waals surface area contributed by atoms with Gasteiger partial charge in [0.15, 0.2) is 6.61 Å². The van der Waals surface area contributed by atoms with E-state index in [1.165, 1.54) is 4.90 Å².